The number of thiazole rings is 1. The van der Waals surface area contributed by atoms with Crippen LogP contribution in [0.2, 0.25) is 0 Å². The second kappa shape index (κ2) is 2.32. The van der Waals surface area contributed by atoms with Gasteiger partial charge in [-0.05, 0) is 13.3 Å². The lowest BCUT2D eigenvalue weighted by Gasteiger charge is -2.09. The van der Waals surface area contributed by atoms with Crippen molar-refractivity contribution in [2.45, 2.75) is 19.9 Å². The molecule has 0 unspecified atom stereocenters. The third-order valence-electron chi connectivity index (χ3n) is 1.71. The number of fused-ring (bicyclic) bond motifs is 1. The van der Waals surface area contributed by atoms with Gasteiger partial charge in [-0.1, -0.05) is 0 Å². The highest BCUT2D eigenvalue weighted by Crippen LogP contribution is 2.20. The highest BCUT2D eigenvalue weighted by atomic mass is 32.1. The molecule has 2 heterocycles. The van der Waals surface area contributed by atoms with Crippen LogP contribution in [0.5, 0.6) is 0 Å². The monoisotopic (exact) mass is 154 g/mol. The van der Waals surface area contributed by atoms with Crippen molar-refractivity contribution in [3.05, 3.63) is 15.6 Å². The predicted molar refractivity (Wildman–Crippen MR) is 42.3 cm³/mol. The zero-order chi connectivity index (χ0) is 6.97. The predicted octanol–water partition coefficient (Wildman–Crippen LogP) is 1.10. The summed E-state index contributed by atoms with van der Waals surface area (Å²) in [6.07, 6.45) is 1.17. The number of aryl methyl sites for hydroxylation is 1. The van der Waals surface area contributed by atoms with Crippen LogP contribution >= 0.6 is 11.3 Å². The van der Waals surface area contributed by atoms with Gasteiger partial charge in [-0.15, -0.1) is 11.3 Å². The van der Waals surface area contributed by atoms with E-state index in [-0.39, 0.29) is 0 Å². The summed E-state index contributed by atoms with van der Waals surface area (Å²) >= 11 is 1.84. The van der Waals surface area contributed by atoms with Gasteiger partial charge in [0.1, 0.15) is 0 Å². The maximum Gasteiger partial charge on any atom is 0.0900 e. The van der Waals surface area contributed by atoms with Crippen LogP contribution in [0, 0.1) is 6.92 Å². The van der Waals surface area contributed by atoms with Gasteiger partial charge in [0.2, 0.25) is 0 Å². The first kappa shape index (κ1) is 6.31. The number of hydrogen-bond acceptors (Lipinski definition) is 3. The summed E-state index contributed by atoms with van der Waals surface area (Å²) in [4.78, 5) is 5.89. The second-order valence-electron chi connectivity index (χ2n) is 2.53. The van der Waals surface area contributed by atoms with Gasteiger partial charge in [0, 0.05) is 18.0 Å². The van der Waals surface area contributed by atoms with E-state index >= 15 is 0 Å². The number of nitrogens with one attached hydrogen (secondary N) is 1. The molecule has 0 saturated carbocycles. The molecule has 3 heteroatoms. The van der Waals surface area contributed by atoms with Crippen molar-refractivity contribution in [2.24, 2.45) is 0 Å². The van der Waals surface area contributed by atoms with Gasteiger partial charge < -0.3 is 5.32 Å². The first-order valence-corrected chi connectivity index (χ1v) is 4.34. The third kappa shape index (κ3) is 0.954. The maximum absolute atomic E-state index is 4.41. The average molecular weight is 154 g/mol. The molecule has 1 aliphatic heterocycles. The lowest BCUT2D eigenvalue weighted by atomic mass is 10.2. The first-order valence-electron chi connectivity index (χ1n) is 3.52. The molecule has 2 rings (SSSR count). The van der Waals surface area contributed by atoms with Crippen LogP contribution in [0.25, 0.3) is 0 Å². The van der Waals surface area contributed by atoms with Crippen molar-refractivity contribution >= 4 is 11.3 Å². The zero-order valence-electron chi connectivity index (χ0n) is 5.98. The van der Waals surface area contributed by atoms with E-state index < -0.39 is 0 Å². The van der Waals surface area contributed by atoms with Crippen LogP contribution in [-0.4, -0.2) is 11.5 Å². The van der Waals surface area contributed by atoms with Gasteiger partial charge in [-0.3, -0.25) is 0 Å². The van der Waals surface area contributed by atoms with E-state index in [0.717, 1.165) is 13.1 Å². The molecule has 0 amide bonds. The Morgan fingerprint density at radius 2 is 2.50 bits per heavy atom. The molecule has 54 valence electrons. The van der Waals surface area contributed by atoms with Gasteiger partial charge in [0.15, 0.2) is 0 Å². The average Bonchev–Trinajstić information content (AvgIpc) is 2.27. The summed E-state index contributed by atoms with van der Waals surface area (Å²) in [5.74, 6) is 0. The largest absolute Gasteiger partial charge is 0.311 e. The van der Waals surface area contributed by atoms with E-state index in [0.29, 0.717) is 0 Å². The molecule has 2 nitrogen and oxygen atoms in total. The summed E-state index contributed by atoms with van der Waals surface area (Å²) < 4.78 is 0. The molecular weight excluding hydrogens is 144 g/mol. The smallest absolute Gasteiger partial charge is 0.0900 e. The summed E-state index contributed by atoms with van der Waals surface area (Å²) in [7, 11) is 0. The van der Waals surface area contributed by atoms with Crippen LogP contribution in [0.4, 0.5) is 0 Å². The van der Waals surface area contributed by atoms with E-state index in [1.807, 2.05) is 11.3 Å². The molecule has 1 N–H and O–H groups in total. The summed E-state index contributed by atoms with van der Waals surface area (Å²) in [5, 5.41) is 4.50. The normalized spacial score (nSPS) is 16.9. The molecule has 0 atom stereocenters. The number of hydrogen-bond donors (Lipinski definition) is 1. The lowest BCUT2D eigenvalue weighted by Crippen LogP contribution is -2.22. The van der Waals surface area contributed by atoms with Crippen molar-refractivity contribution in [2.75, 3.05) is 6.54 Å². The minimum absolute atomic E-state index is 0.972. The minimum atomic E-state index is 0.972. The second-order valence-corrected chi connectivity index (χ2v) is 3.82. The van der Waals surface area contributed by atoms with E-state index in [4.69, 9.17) is 0 Å². The van der Waals surface area contributed by atoms with E-state index in [1.165, 1.54) is 22.0 Å². The lowest BCUT2D eigenvalue weighted by molar-refractivity contribution is 0.638. The first-order chi connectivity index (χ1) is 4.86. The van der Waals surface area contributed by atoms with Gasteiger partial charge in [0.25, 0.3) is 0 Å². The fourth-order valence-electron chi connectivity index (χ4n) is 1.25. The van der Waals surface area contributed by atoms with Gasteiger partial charge in [-0.2, -0.15) is 0 Å². The Morgan fingerprint density at radius 1 is 1.60 bits per heavy atom. The number of rotatable bonds is 0. The summed E-state index contributed by atoms with van der Waals surface area (Å²) in [6, 6.07) is 0. The highest BCUT2D eigenvalue weighted by molar-refractivity contribution is 7.11. The molecule has 0 fully saturated rings. The molecule has 0 aliphatic carbocycles. The topological polar surface area (TPSA) is 24.9 Å². The number of nitrogens with zero attached hydrogens (tertiary/aromatic N) is 1. The van der Waals surface area contributed by atoms with Crippen molar-refractivity contribution < 1.29 is 0 Å². The molecule has 0 bridgehead atoms. The Kier molecular flexibility index (Phi) is 1.47. The maximum atomic E-state index is 4.41. The Labute approximate surface area is 64.3 Å². The SMILES string of the molecule is Cc1nc2c(s1)CCNC2. The van der Waals surface area contributed by atoms with E-state index in [9.17, 15) is 0 Å². The van der Waals surface area contributed by atoms with Crippen molar-refractivity contribution in [3.8, 4) is 0 Å². The zero-order valence-corrected chi connectivity index (χ0v) is 6.79. The summed E-state index contributed by atoms with van der Waals surface area (Å²) in [5.41, 5.74) is 1.27. The van der Waals surface area contributed by atoms with Crippen molar-refractivity contribution in [3.63, 3.8) is 0 Å². The van der Waals surface area contributed by atoms with E-state index in [1.54, 1.807) is 0 Å². The molecule has 1 aliphatic rings. The van der Waals surface area contributed by atoms with Gasteiger partial charge >= 0.3 is 0 Å². The standard InChI is InChI=1S/C7H10N2S/c1-5-9-6-4-8-3-2-7(6)10-5/h8H,2-4H2,1H3. The molecular formula is C7H10N2S. The van der Waals surface area contributed by atoms with Crippen LogP contribution in [0.1, 0.15) is 15.6 Å². The van der Waals surface area contributed by atoms with Crippen LogP contribution in [-0.2, 0) is 13.0 Å². The Bertz CT molecular complexity index is 218. The quantitative estimate of drug-likeness (QED) is 0.605. The third-order valence-corrected chi connectivity index (χ3v) is 2.78. The van der Waals surface area contributed by atoms with E-state index in [2.05, 4.69) is 17.2 Å². The highest BCUT2D eigenvalue weighted by Gasteiger charge is 2.11. The number of aromatic nitrogens is 1. The Hall–Kier alpha value is -0.410. The molecule has 1 aromatic rings. The minimum Gasteiger partial charge on any atom is -0.311 e. The Morgan fingerprint density at radius 3 is 3.30 bits per heavy atom. The van der Waals surface area contributed by atoms with Crippen LogP contribution < -0.4 is 5.32 Å². The van der Waals surface area contributed by atoms with Crippen molar-refractivity contribution in [1.29, 1.82) is 0 Å². The van der Waals surface area contributed by atoms with Gasteiger partial charge in [0.05, 0.1) is 10.7 Å². The van der Waals surface area contributed by atoms with Crippen LogP contribution in [0.15, 0.2) is 0 Å². The fraction of sp³-hybridized carbons (Fsp3) is 0.571. The molecule has 0 saturated heterocycles. The molecule has 0 radical (unpaired) electrons. The Balaban J connectivity index is 2.41. The molecule has 1 aromatic heterocycles. The summed E-state index contributed by atoms with van der Waals surface area (Å²) in [6.45, 7) is 4.16. The van der Waals surface area contributed by atoms with Gasteiger partial charge in [-0.25, -0.2) is 4.98 Å². The molecule has 0 spiro atoms. The molecule has 10 heavy (non-hydrogen) atoms. The fourth-order valence-corrected chi connectivity index (χ4v) is 2.21. The molecule has 0 aromatic carbocycles. The van der Waals surface area contributed by atoms with Crippen molar-refractivity contribution in [1.82, 2.24) is 10.3 Å². The van der Waals surface area contributed by atoms with Crippen LogP contribution in [0.3, 0.4) is 0 Å².